The molecular weight excluding hydrogens is 689 g/mol. The number of benzene rings is 1. The third-order valence-electron chi connectivity index (χ3n) is 8.39. The lowest BCUT2D eigenvalue weighted by atomic mass is 9.93. The van der Waals surface area contributed by atoms with Gasteiger partial charge in [0.1, 0.15) is 24.2 Å². The van der Waals surface area contributed by atoms with Gasteiger partial charge in [0.15, 0.2) is 5.69 Å². The van der Waals surface area contributed by atoms with Crippen molar-refractivity contribution in [1.82, 2.24) is 15.2 Å². The number of ketones is 1. The Labute approximate surface area is 297 Å². The molecule has 1 aromatic carbocycles. The number of fused-ring (bicyclic) bond motifs is 3. The van der Waals surface area contributed by atoms with Crippen LogP contribution in [-0.4, -0.2) is 82.6 Å². The fraction of sp³-hybridized carbons (Fsp3) is 0.444. The normalized spacial score (nSPS) is 25.5. The largest absolute Gasteiger partial charge is 0.460 e. The Morgan fingerprint density at radius 1 is 1.17 bits per heavy atom. The first-order valence-corrected chi connectivity index (χ1v) is 16.7. The molecule has 52 heavy (non-hydrogen) atoms. The van der Waals surface area contributed by atoms with E-state index < -0.39 is 65.7 Å². The van der Waals surface area contributed by atoms with Crippen molar-refractivity contribution < 1.29 is 56.1 Å². The van der Waals surface area contributed by atoms with Gasteiger partial charge >= 0.3 is 18.2 Å². The molecule has 1 saturated heterocycles. The standard InChI is InChI=1S/C36H41F3N4O9/c1-21-6-4-14-40-30(46)13-8-22(2)32(23(3)19-51-35(49)41-25-11-9-24(10-12-25)36(37,38)39)52-34(48)29-7-5-15-43(29)33(47)28-20-50-31(42-28)18-27(45)17-26(44)16-21/h4,6,8-13,16,20,22-23,26,29,32,44H,5,7,14-15,17-19H2,1-3H3,(H,40,46)(H,41,49)/b6-4-,13-8-,21-16-. The second-order valence-electron chi connectivity index (χ2n) is 12.7. The summed E-state index contributed by atoms with van der Waals surface area (Å²) in [7, 11) is 0. The predicted molar refractivity (Wildman–Crippen MR) is 180 cm³/mol. The van der Waals surface area contributed by atoms with E-state index in [0.29, 0.717) is 12.0 Å². The number of Topliss-reactive ketones (excluding diaryl/α,β-unsaturated/α-hetero) is 1. The number of anilines is 1. The zero-order chi connectivity index (χ0) is 38.0. The van der Waals surface area contributed by atoms with Gasteiger partial charge in [0.05, 0.1) is 24.7 Å². The monoisotopic (exact) mass is 730 g/mol. The summed E-state index contributed by atoms with van der Waals surface area (Å²) in [4.78, 5) is 70.2. The van der Waals surface area contributed by atoms with Crippen LogP contribution in [0.3, 0.4) is 0 Å². The van der Waals surface area contributed by atoms with Crippen LogP contribution >= 0.6 is 0 Å². The van der Waals surface area contributed by atoms with Crippen molar-refractivity contribution in [2.45, 2.75) is 70.9 Å². The molecule has 280 valence electrons. The maximum atomic E-state index is 13.6. The van der Waals surface area contributed by atoms with Gasteiger partial charge < -0.3 is 29.2 Å². The number of ether oxygens (including phenoxy) is 2. The zero-order valence-corrected chi connectivity index (χ0v) is 28.9. The molecule has 3 heterocycles. The summed E-state index contributed by atoms with van der Waals surface area (Å²) in [6.45, 7) is 5.14. The predicted octanol–water partition coefficient (Wildman–Crippen LogP) is 4.78. The summed E-state index contributed by atoms with van der Waals surface area (Å²) in [5.41, 5.74) is -0.276. The molecule has 13 nitrogen and oxygen atoms in total. The Bertz CT molecular complexity index is 1700. The van der Waals surface area contributed by atoms with Gasteiger partial charge in [0, 0.05) is 37.0 Å². The van der Waals surface area contributed by atoms with Crippen LogP contribution in [0.4, 0.5) is 23.7 Å². The molecule has 3 amide bonds. The molecular formula is C36H41F3N4O9. The molecule has 2 aliphatic heterocycles. The summed E-state index contributed by atoms with van der Waals surface area (Å²) in [6, 6.07) is 2.80. The molecule has 2 aromatic rings. The van der Waals surface area contributed by atoms with Crippen molar-refractivity contribution in [3.05, 3.63) is 83.6 Å². The number of rotatable bonds is 4. The van der Waals surface area contributed by atoms with Crippen molar-refractivity contribution in [3.8, 4) is 0 Å². The number of oxazole rings is 1. The Kier molecular flexibility index (Phi) is 13.5. The lowest BCUT2D eigenvalue weighted by Gasteiger charge is -2.30. The summed E-state index contributed by atoms with van der Waals surface area (Å²) in [5.74, 6) is -3.46. The molecule has 0 aliphatic carbocycles. The van der Waals surface area contributed by atoms with E-state index in [1.807, 2.05) is 0 Å². The van der Waals surface area contributed by atoms with Gasteiger partial charge in [0.2, 0.25) is 11.8 Å². The molecule has 0 saturated carbocycles. The van der Waals surface area contributed by atoms with Crippen LogP contribution in [0.15, 0.2) is 70.9 Å². The molecule has 3 N–H and O–H groups in total. The van der Waals surface area contributed by atoms with Crippen molar-refractivity contribution in [3.63, 3.8) is 0 Å². The highest BCUT2D eigenvalue weighted by molar-refractivity contribution is 5.95. The van der Waals surface area contributed by atoms with E-state index in [0.717, 1.165) is 30.5 Å². The number of esters is 1. The first kappa shape index (κ1) is 39.5. The molecule has 0 radical (unpaired) electrons. The van der Waals surface area contributed by atoms with Crippen LogP contribution in [0.5, 0.6) is 0 Å². The van der Waals surface area contributed by atoms with E-state index in [9.17, 15) is 42.3 Å². The number of nitrogens with one attached hydrogen (secondary N) is 2. The van der Waals surface area contributed by atoms with E-state index >= 15 is 0 Å². The Balaban J connectivity index is 1.52. The third kappa shape index (κ3) is 11.4. The number of aliphatic hydroxyl groups excluding tert-OH is 1. The fourth-order valence-electron chi connectivity index (χ4n) is 5.75. The lowest BCUT2D eigenvalue weighted by Crippen LogP contribution is -2.44. The molecule has 5 unspecified atom stereocenters. The van der Waals surface area contributed by atoms with Gasteiger partial charge in [-0.15, -0.1) is 0 Å². The first-order valence-electron chi connectivity index (χ1n) is 16.7. The lowest BCUT2D eigenvalue weighted by molar-refractivity contribution is -0.159. The minimum Gasteiger partial charge on any atom is -0.460 e. The van der Waals surface area contributed by atoms with Crippen LogP contribution in [0, 0.1) is 11.8 Å². The summed E-state index contributed by atoms with van der Waals surface area (Å²) >= 11 is 0. The van der Waals surface area contributed by atoms with E-state index in [4.69, 9.17) is 13.9 Å². The van der Waals surface area contributed by atoms with Gasteiger partial charge in [-0.1, -0.05) is 43.7 Å². The first-order chi connectivity index (χ1) is 24.6. The molecule has 5 atom stereocenters. The number of amides is 3. The van der Waals surface area contributed by atoms with Crippen LogP contribution in [0.2, 0.25) is 0 Å². The average molecular weight is 731 g/mol. The maximum Gasteiger partial charge on any atom is 0.416 e. The number of hydrogen-bond acceptors (Lipinski definition) is 10. The van der Waals surface area contributed by atoms with E-state index in [-0.39, 0.29) is 62.0 Å². The second kappa shape index (κ2) is 17.8. The third-order valence-corrected chi connectivity index (χ3v) is 8.39. The van der Waals surface area contributed by atoms with E-state index in [1.54, 1.807) is 32.9 Å². The topological polar surface area (TPSA) is 177 Å². The van der Waals surface area contributed by atoms with E-state index in [2.05, 4.69) is 15.6 Å². The van der Waals surface area contributed by atoms with Crippen LogP contribution < -0.4 is 10.6 Å². The average Bonchev–Trinajstić information content (AvgIpc) is 3.76. The van der Waals surface area contributed by atoms with Gasteiger partial charge in [-0.05, 0) is 50.1 Å². The molecule has 16 heteroatoms. The SMILES string of the molecule is CC1=C/C(O)CC(=O)Cc2nc(co2)C(=O)N2CCCC2C(=O)OC(C(C)COC(=O)Nc2ccc(C(F)(F)F)cc2)C(C)/C=C\C(=O)NC/C=C\1. The Hall–Kier alpha value is -5.25. The number of alkyl halides is 3. The van der Waals surface area contributed by atoms with Gasteiger partial charge in [0.25, 0.3) is 5.91 Å². The molecule has 2 bridgehead atoms. The van der Waals surface area contributed by atoms with Crippen LogP contribution in [0.1, 0.15) is 62.0 Å². The number of nitrogens with zero attached hydrogens (tertiary/aromatic N) is 2. The van der Waals surface area contributed by atoms with Crippen molar-refractivity contribution >= 4 is 35.3 Å². The van der Waals surface area contributed by atoms with Crippen molar-refractivity contribution in [2.24, 2.45) is 11.8 Å². The summed E-state index contributed by atoms with van der Waals surface area (Å²) < 4.78 is 55.3. The highest BCUT2D eigenvalue weighted by Crippen LogP contribution is 2.30. The summed E-state index contributed by atoms with van der Waals surface area (Å²) in [5, 5.41) is 15.4. The Morgan fingerprint density at radius 2 is 1.90 bits per heavy atom. The summed E-state index contributed by atoms with van der Waals surface area (Å²) in [6.07, 6.45) is 1.46. The maximum absolute atomic E-state index is 13.6. The molecule has 4 rings (SSSR count). The van der Waals surface area contributed by atoms with Crippen LogP contribution in [0.25, 0.3) is 0 Å². The number of aromatic nitrogens is 1. The highest BCUT2D eigenvalue weighted by Gasteiger charge is 2.39. The number of allylic oxidation sites excluding steroid dienone is 2. The minimum atomic E-state index is -4.54. The van der Waals surface area contributed by atoms with Crippen molar-refractivity contribution in [2.75, 3.05) is 25.0 Å². The number of halogens is 3. The number of aliphatic hydroxyl groups is 1. The van der Waals surface area contributed by atoms with Gasteiger partial charge in [-0.3, -0.25) is 19.7 Å². The molecule has 1 aromatic heterocycles. The minimum absolute atomic E-state index is 0.0227. The fourth-order valence-corrected chi connectivity index (χ4v) is 5.75. The van der Waals surface area contributed by atoms with E-state index in [1.165, 1.54) is 23.1 Å². The number of hydrogen-bond donors (Lipinski definition) is 3. The molecule has 0 spiro atoms. The number of carbonyl (C=O) groups is 5. The quantitative estimate of drug-likeness (QED) is 0.371. The number of cyclic esters (lactones) is 1. The van der Waals surface area contributed by atoms with Crippen LogP contribution in [-0.2, 0) is 36.5 Å². The smallest absolute Gasteiger partial charge is 0.416 e. The molecule has 2 aliphatic rings. The van der Waals surface area contributed by atoms with Crippen molar-refractivity contribution in [1.29, 1.82) is 0 Å². The second-order valence-corrected chi connectivity index (χ2v) is 12.7. The number of carbonyl (C=O) groups excluding carboxylic acids is 5. The molecule has 1 fully saturated rings. The zero-order valence-electron chi connectivity index (χ0n) is 28.9. The van der Waals surface area contributed by atoms with Gasteiger partial charge in [-0.2, -0.15) is 13.2 Å². The Morgan fingerprint density at radius 3 is 2.62 bits per heavy atom. The van der Waals surface area contributed by atoms with Gasteiger partial charge in [-0.25, -0.2) is 14.6 Å². The highest BCUT2D eigenvalue weighted by atomic mass is 19.4.